The second-order valence-corrected chi connectivity index (χ2v) is 5.63. The standard InChI is InChI=1S/C12H18ClN3O2/c1-12(2)8-14-16(11(12)18)9-3-5-15(6-4-9)10(17)7-13/h8-9H,3-7H2,1-2H3. The van der Waals surface area contributed by atoms with Gasteiger partial charge in [0.2, 0.25) is 5.91 Å². The Balaban J connectivity index is 1.94. The number of likely N-dealkylation sites (tertiary alicyclic amines) is 1. The molecule has 0 unspecified atom stereocenters. The Labute approximate surface area is 112 Å². The van der Waals surface area contributed by atoms with E-state index in [9.17, 15) is 9.59 Å². The van der Waals surface area contributed by atoms with Crippen LogP contribution in [0.5, 0.6) is 0 Å². The average Bonchev–Trinajstić information content (AvgIpc) is 2.64. The maximum Gasteiger partial charge on any atom is 0.254 e. The lowest BCUT2D eigenvalue weighted by atomic mass is 9.94. The minimum absolute atomic E-state index is 0.0263. The molecule has 6 heteroatoms. The molecule has 0 aromatic carbocycles. The smallest absolute Gasteiger partial charge is 0.254 e. The van der Waals surface area contributed by atoms with Crippen LogP contribution in [-0.2, 0) is 9.59 Å². The second kappa shape index (κ2) is 4.88. The highest BCUT2D eigenvalue weighted by molar-refractivity contribution is 6.27. The van der Waals surface area contributed by atoms with Crippen LogP contribution in [0.4, 0.5) is 0 Å². The third kappa shape index (κ3) is 2.36. The zero-order chi connectivity index (χ0) is 13.3. The van der Waals surface area contributed by atoms with Crippen LogP contribution in [0.25, 0.3) is 0 Å². The first-order valence-corrected chi connectivity index (χ1v) is 6.71. The molecule has 0 atom stereocenters. The Morgan fingerprint density at radius 2 is 2.11 bits per heavy atom. The van der Waals surface area contributed by atoms with E-state index in [1.807, 2.05) is 13.8 Å². The van der Waals surface area contributed by atoms with Gasteiger partial charge in [0.15, 0.2) is 0 Å². The molecular weight excluding hydrogens is 254 g/mol. The Hall–Kier alpha value is -1.10. The monoisotopic (exact) mass is 271 g/mol. The number of rotatable bonds is 2. The molecule has 18 heavy (non-hydrogen) atoms. The molecule has 2 heterocycles. The van der Waals surface area contributed by atoms with Gasteiger partial charge in [0.25, 0.3) is 5.91 Å². The van der Waals surface area contributed by atoms with E-state index in [2.05, 4.69) is 5.10 Å². The fourth-order valence-corrected chi connectivity index (χ4v) is 2.48. The molecule has 0 aromatic heterocycles. The Morgan fingerprint density at radius 3 is 2.56 bits per heavy atom. The second-order valence-electron chi connectivity index (χ2n) is 5.36. The summed E-state index contributed by atoms with van der Waals surface area (Å²) in [5.41, 5.74) is -0.497. The quantitative estimate of drug-likeness (QED) is 0.706. The molecule has 0 bridgehead atoms. The zero-order valence-electron chi connectivity index (χ0n) is 10.7. The third-order valence-corrected chi connectivity index (χ3v) is 3.77. The molecule has 2 rings (SSSR count). The van der Waals surface area contributed by atoms with E-state index in [0.717, 1.165) is 12.8 Å². The van der Waals surface area contributed by atoms with Gasteiger partial charge in [-0.3, -0.25) is 9.59 Å². The zero-order valence-corrected chi connectivity index (χ0v) is 11.5. The van der Waals surface area contributed by atoms with E-state index in [1.54, 1.807) is 16.1 Å². The van der Waals surface area contributed by atoms with Crippen LogP contribution < -0.4 is 0 Å². The molecule has 0 aliphatic carbocycles. The molecule has 5 nitrogen and oxygen atoms in total. The number of carbonyl (C=O) groups excluding carboxylic acids is 2. The summed E-state index contributed by atoms with van der Waals surface area (Å²) in [5, 5.41) is 5.80. The van der Waals surface area contributed by atoms with Gasteiger partial charge in [0.05, 0.1) is 11.5 Å². The number of carbonyl (C=O) groups is 2. The lowest BCUT2D eigenvalue weighted by Crippen LogP contribution is -2.47. The van der Waals surface area contributed by atoms with E-state index < -0.39 is 5.41 Å². The van der Waals surface area contributed by atoms with Crippen LogP contribution in [0, 0.1) is 5.41 Å². The van der Waals surface area contributed by atoms with Crippen LogP contribution >= 0.6 is 11.6 Å². The summed E-state index contributed by atoms with van der Waals surface area (Å²) in [6.45, 7) is 5.03. The summed E-state index contributed by atoms with van der Waals surface area (Å²) in [6, 6.07) is 0.106. The van der Waals surface area contributed by atoms with Crippen LogP contribution in [-0.4, -0.2) is 52.9 Å². The lowest BCUT2D eigenvalue weighted by Gasteiger charge is -2.35. The summed E-state index contributed by atoms with van der Waals surface area (Å²) in [7, 11) is 0. The van der Waals surface area contributed by atoms with Crippen LogP contribution in [0.1, 0.15) is 26.7 Å². The normalized spacial score (nSPS) is 23.8. The fraction of sp³-hybridized carbons (Fsp3) is 0.750. The first-order valence-electron chi connectivity index (χ1n) is 6.18. The van der Waals surface area contributed by atoms with Crippen LogP contribution in [0.15, 0.2) is 5.10 Å². The van der Waals surface area contributed by atoms with Gasteiger partial charge in [-0.1, -0.05) is 0 Å². The number of alkyl halides is 1. The van der Waals surface area contributed by atoms with Crippen molar-refractivity contribution in [3.05, 3.63) is 0 Å². The minimum Gasteiger partial charge on any atom is -0.342 e. The van der Waals surface area contributed by atoms with Crippen molar-refractivity contribution in [1.29, 1.82) is 0 Å². The van der Waals surface area contributed by atoms with Gasteiger partial charge in [-0.25, -0.2) is 5.01 Å². The predicted octanol–water partition coefficient (Wildman–Crippen LogP) is 1.07. The van der Waals surface area contributed by atoms with Crippen molar-refractivity contribution < 1.29 is 9.59 Å². The molecule has 2 aliphatic heterocycles. The number of hydrogen-bond acceptors (Lipinski definition) is 3. The number of hydrogen-bond donors (Lipinski definition) is 0. The molecule has 1 fully saturated rings. The van der Waals surface area contributed by atoms with Crippen molar-refractivity contribution in [2.75, 3.05) is 19.0 Å². The van der Waals surface area contributed by atoms with Gasteiger partial charge in [-0.2, -0.15) is 5.10 Å². The van der Waals surface area contributed by atoms with Gasteiger partial charge in [-0.05, 0) is 26.7 Å². The average molecular weight is 272 g/mol. The number of amides is 2. The molecule has 0 spiro atoms. The highest BCUT2D eigenvalue weighted by atomic mass is 35.5. The topological polar surface area (TPSA) is 53.0 Å². The molecule has 2 amide bonds. The van der Waals surface area contributed by atoms with Crippen molar-refractivity contribution in [2.45, 2.75) is 32.7 Å². The van der Waals surface area contributed by atoms with Gasteiger partial charge >= 0.3 is 0 Å². The third-order valence-electron chi connectivity index (χ3n) is 3.54. The van der Waals surface area contributed by atoms with E-state index in [4.69, 9.17) is 11.6 Å². The van der Waals surface area contributed by atoms with Crippen molar-refractivity contribution in [1.82, 2.24) is 9.91 Å². The SMILES string of the molecule is CC1(C)C=NN(C2CCN(C(=O)CCl)CC2)C1=O. The summed E-state index contributed by atoms with van der Waals surface area (Å²) in [5.74, 6) is 0.0368. The number of nitrogens with zero attached hydrogens (tertiary/aromatic N) is 3. The van der Waals surface area contributed by atoms with E-state index >= 15 is 0 Å². The van der Waals surface area contributed by atoms with Gasteiger partial charge < -0.3 is 4.90 Å². The van der Waals surface area contributed by atoms with Crippen molar-refractivity contribution >= 4 is 29.6 Å². The molecule has 0 saturated carbocycles. The van der Waals surface area contributed by atoms with Crippen LogP contribution in [0.2, 0.25) is 0 Å². The van der Waals surface area contributed by atoms with Crippen molar-refractivity contribution in [3.8, 4) is 0 Å². The predicted molar refractivity (Wildman–Crippen MR) is 69.4 cm³/mol. The first kappa shape index (κ1) is 13.3. The first-order chi connectivity index (χ1) is 8.45. The van der Waals surface area contributed by atoms with E-state index in [1.165, 1.54) is 0 Å². The summed E-state index contributed by atoms with van der Waals surface area (Å²) >= 11 is 5.53. The van der Waals surface area contributed by atoms with E-state index in [0.29, 0.717) is 13.1 Å². The number of piperidine rings is 1. The molecule has 0 aromatic rings. The Morgan fingerprint density at radius 1 is 1.50 bits per heavy atom. The summed E-state index contributed by atoms with van der Waals surface area (Å²) in [4.78, 5) is 25.3. The molecular formula is C12H18ClN3O2. The van der Waals surface area contributed by atoms with Gasteiger partial charge in [-0.15, -0.1) is 11.6 Å². The highest BCUT2D eigenvalue weighted by Gasteiger charge is 2.40. The molecule has 2 aliphatic rings. The number of hydrazone groups is 1. The molecule has 1 saturated heterocycles. The van der Waals surface area contributed by atoms with Gasteiger partial charge in [0.1, 0.15) is 5.88 Å². The Kier molecular flexibility index (Phi) is 3.61. The lowest BCUT2D eigenvalue weighted by molar-refractivity contribution is -0.138. The summed E-state index contributed by atoms with van der Waals surface area (Å²) < 4.78 is 0. The summed E-state index contributed by atoms with van der Waals surface area (Å²) in [6.07, 6.45) is 3.23. The van der Waals surface area contributed by atoms with Crippen molar-refractivity contribution in [2.24, 2.45) is 10.5 Å². The molecule has 0 N–H and O–H groups in total. The fourth-order valence-electron chi connectivity index (χ4n) is 2.31. The highest BCUT2D eigenvalue weighted by Crippen LogP contribution is 2.28. The number of halogens is 1. The van der Waals surface area contributed by atoms with Crippen molar-refractivity contribution in [3.63, 3.8) is 0 Å². The molecule has 0 radical (unpaired) electrons. The Bertz CT molecular complexity index is 387. The maximum absolute atomic E-state index is 12.1. The van der Waals surface area contributed by atoms with E-state index in [-0.39, 0.29) is 23.7 Å². The van der Waals surface area contributed by atoms with Crippen LogP contribution in [0.3, 0.4) is 0 Å². The maximum atomic E-state index is 12.1. The molecule has 100 valence electrons. The largest absolute Gasteiger partial charge is 0.342 e. The van der Waals surface area contributed by atoms with Gasteiger partial charge in [0, 0.05) is 19.3 Å². The minimum atomic E-state index is -0.497.